The fourth-order valence-corrected chi connectivity index (χ4v) is 2.31. The van der Waals surface area contributed by atoms with Gasteiger partial charge in [-0.05, 0) is 39.4 Å². The van der Waals surface area contributed by atoms with Gasteiger partial charge in [-0.3, -0.25) is 4.90 Å². The van der Waals surface area contributed by atoms with E-state index in [-0.39, 0.29) is 0 Å². The largest absolute Gasteiger partial charge is 0.492 e. The molecule has 1 aliphatic rings. The number of likely N-dealkylation sites (N-methyl/N-ethyl adjacent to an activating group) is 2. The van der Waals surface area contributed by atoms with Crippen LogP contribution in [0.1, 0.15) is 19.8 Å². The Balaban J connectivity index is 2.34. The third-order valence-electron chi connectivity index (χ3n) is 2.95. The van der Waals surface area contributed by atoms with Crippen molar-refractivity contribution in [2.45, 2.75) is 25.8 Å². The Labute approximate surface area is 89.5 Å². The molecule has 1 heterocycles. The summed E-state index contributed by atoms with van der Waals surface area (Å²) in [6, 6.07) is 0.318. The van der Waals surface area contributed by atoms with Gasteiger partial charge in [-0.2, -0.15) is 0 Å². The van der Waals surface area contributed by atoms with Gasteiger partial charge in [0.2, 0.25) is 0 Å². The second-order valence-corrected chi connectivity index (χ2v) is 4.36. The lowest BCUT2D eigenvalue weighted by Crippen LogP contribution is -2.43. The predicted molar refractivity (Wildman–Crippen MR) is 56.8 cm³/mol. The maximum absolute atomic E-state index is 12.2. The molecule has 1 atom stereocenters. The smallest absolute Gasteiger partial charge is 0.448 e. The van der Waals surface area contributed by atoms with Crippen LogP contribution >= 0.6 is 0 Å². The number of hydrogen-bond donors (Lipinski definition) is 0. The van der Waals surface area contributed by atoms with Crippen LogP contribution in [0.5, 0.6) is 0 Å². The van der Waals surface area contributed by atoms with Crippen molar-refractivity contribution in [3.8, 4) is 0 Å². The molecule has 6 heteroatoms. The van der Waals surface area contributed by atoms with Crippen LogP contribution in [0.3, 0.4) is 0 Å². The van der Waals surface area contributed by atoms with E-state index in [1.54, 1.807) is 7.05 Å². The SMILES string of the molecule is CCN1CCCC1CN(C)C[B-](F)(F)F. The summed E-state index contributed by atoms with van der Waals surface area (Å²) in [5, 5.41) is 0. The van der Waals surface area contributed by atoms with Crippen LogP contribution in [-0.2, 0) is 0 Å². The molecule has 0 bridgehead atoms. The molecule has 0 saturated carbocycles. The van der Waals surface area contributed by atoms with Gasteiger partial charge in [-0.25, -0.2) is 0 Å². The first-order valence-corrected chi connectivity index (χ1v) is 5.56. The topological polar surface area (TPSA) is 6.48 Å². The lowest BCUT2D eigenvalue weighted by Gasteiger charge is -2.30. The Morgan fingerprint density at radius 1 is 1.40 bits per heavy atom. The monoisotopic (exact) mass is 223 g/mol. The molecule has 15 heavy (non-hydrogen) atoms. The Bertz CT molecular complexity index is 198. The van der Waals surface area contributed by atoms with E-state index in [0.29, 0.717) is 12.6 Å². The zero-order chi connectivity index (χ0) is 11.5. The fourth-order valence-electron chi connectivity index (χ4n) is 2.31. The predicted octanol–water partition coefficient (Wildman–Crippen LogP) is 1.79. The zero-order valence-electron chi connectivity index (χ0n) is 9.43. The highest BCUT2D eigenvalue weighted by atomic mass is 19.4. The molecule has 2 nitrogen and oxygen atoms in total. The van der Waals surface area contributed by atoms with Gasteiger partial charge in [-0.15, -0.1) is 0 Å². The van der Waals surface area contributed by atoms with Crippen molar-refractivity contribution >= 4 is 6.98 Å². The van der Waals surface area contributed by atoms with E-state index < -0.39 is 13.4 Å². The second kappa shape index (κ2) is 5.21. The third kappa shape index (κ3) is 4.43. The van der Waals surface area contributed by atoms with Crippen molar-refractivity contribution in [1.29, 1.82) is 0 Å². The van der Waals surface area contributed by atoms with Crippen molar-refractivity contribution in [3.63, 3.8) is 0 Å². The maximum Gasteiger partial charge on any atom is 0.492 e. The third-order valence-corrected chi connectivity index (χ3v) is 2.95. The molecule has 0 radical (unpaired) electrons. The summed E-state index contributed by atoms with van der Waals surface area (Å²) in [6.45, 7) is -0.109. The van der Waals surface area contributed by atoms with E-state index in [2.05, 4.69) is 11.8 Å². The molecule has 90 valence electrons. The van der Waals surface area contributed by atoms with Crippen LogP contribution in [0.2, 0.25) is 0 Å². The molecule has 1 fully saturated rings. The van der Waals surface area contributed by atoms with Gasteiger partial charge in [0.1, 0.15) is 0 Å². The maximum atomic E-state index is 12.2. The lowest BCUT2D eigenvalue weighted by atomic mass is 9.91. The summed E-state index contributed by atoms with van der Waals surface area (Å²) >= 11 is 0. The highest BCUT2D eigenvalue weighted by molar-refractivity contribution is 6.58. The fraction of sp³-hybridized carbons (Fsp3) is 1.00. The first-order valence-electron chi connectivity index (χ1n) is 5.56. The number of halogens is 3. The molecule has 0 aromatic heterocycles. The average molecular weight is 223 g/mol. The van der Waals surface area contributed by atoms with Crippen molar-refractivity contribution in [2.75, 3.05) is 33.1 Å². The van der Waals surface area contributed by atoms with Gasteiger partial charge in [0.15, 0.2) is 0 Å². The molecule has 0 N–H and O–H groups in total. The molecule has 0 aliphatic carbocycles. The van der Waals surface area contributed by atoms with Crippen LogP contribution < -0.4 is 0 Å². The summed E-state index contributed by atoms with van der Waals surface area (Å²) in [5.74, 6) is 0. The lowest BCUT2D eigenvalue weighted by molar-refractivity contribution is 0.203. The van der Waals surface area contributed by atoms with Gasteiger partial charge in [-0.1, -0.05) is 6.92 Å². The van der Waals surface area contributed by atoms with Gasteiger partial charge in [0.05, 0.1) is 0 Å². The van der Waals surface area contributed by atoms with E-state index in [0.717, 1.165) is 25.9 Å². The summed E-state index contributed by atoms with van der Waals surface area (Å²) < 4.78 is 36.5. The highest BCUT2D eigenvalue weighted by Gasteiger charge is 2.28. The van der Waals surface area contributed by atoms with Gasteiger partial charge in [0.25, 0.3) is 0 Å². The number of rotatable bonds is 5. The minimum Gasteiger partial charge on any atom is -0.448 e. The first kappa shape index (κ1) is 12.8. The number of likely N-dealkylation sites (tertiary alicyclic amines) is 1. The van der Waals surface area contributed by atoms with E-state index >= 15 is 0 Å². The van der Waals surface area contributed by atoms with E-state index in [1.165, 1.54) is 4.90 Å². The van der Waals surface area contributed by atoms with Crippen LogP contribution in [-0.4, -0.2) is 55.9 Å². The molecular weight excluding hydrogens is 204 g/mol. The molecule has 1 aliphatic heterocycles. The standard InChI is InChI=1S/C9H19BF3N2/c1-3-15-6-4-5-9(15)7-14(2)8-10(11,12)13/h9H,3-8H2,1-2H3/q-1. The Kier molecular flexibility index (Phi) is 4.46. The molecule has 0 spiro atoms. The highest BCUT2D eigenvalue weighted by Crippen LogP contribution is 2.18. The minimum absolute atomic E-state index is 0.318. The summed E-state index contributed by atoms with van der Waals surface area (Å²) in [4.78, 5) is 3.67. The molecule has 1 saturated heterocycles. The summed E-state index contributed by atoms with van der Waals surface area (Å²) in [7, 11) is 1.56. The molecule has 0 amide bonds. The van der Waals surface area contributed by atoms with Crippen molar-refractivity contribution in [3.05, 3.63) is 0 Å². The van der Waals surface area contributed by atoms with Gasteiger partial charge < -0.3 is 17.8 Å². The second-order valence-electron chi connectivity index (χ2n) is 4.36. The van der Waals surface area contributed by atoms with Crippen molar-refractivity contribution in [2.24, 2.45) is 0 Å². The summed E-state index contributed by atoms with van der Waals surface area (Å²) in [5.41, 5.74) is 0. The normalized spacial score (nSPS) is 24.0. The van der Waals surface area contributed by atoms with Gasteiger partial charge in [0, 0.05) is 12.6 Å². The Hall–Kier alpha value is -0.225. The van der Waals surface area contributed by atoms with Crippen LogP contribution in [0, 0.1) is 0 Å². The Morgan fingerprint density at radius 2 is 2.07 bits per heavy atom. The van der Waals surface area contributed by atoms with Gasteiger partial charge >= 0.3 is 6.98 Å². The van der Waals surface area contributed by atoms with Crippen LogP contribution in [0.25, 0.3) is 0 Å². The molecule has 1 rings (SSSR count). The number of hydrogen-bond acceptors (Lipinski definition) is 2. The van der Waals surface area contributed by atoms with Crippen LogP contribution in [0.4, 0.5) is 12.9 Å². The van der Waals surface area contributed by atoms with E-state index in [4.69, 9.17) is 0 Å². The minimum atomic E-state index is -4.68. The van der Waals surface area contributed by atoms with E-state index in [9.17, 15) is 12.9 Å². The summed E-state index contributed by atoms with van der Waals surface area (Å²) in [6.07, 6.45) is 1.40. The first-order chi connectivity index (χ1) is 6.92. The Morgan fingerprint density at radius 3 is 2.60 bits per heavy atom. The molecule has 0 aromatic carbocycles. The number of nitrogens with zero attached hydrogens (tertiary/aromatic N) is 2. The van der Waals surface area contributed by atoms with E-state index in [1.807, 2.05) is 0 Å². The molecule has 1 unspecified atom stereocenters. The van der Waals surface area contributed by atoms with Crippen molar-refractivity contribution < 1.29 is 12.9 Å². The quantitative estimate of drug-likeness (QED) is 0.655. The van der Waals surface area contributed by atoms with Crippen molar-refractivity contribution in [1.82, 2.24) is 9.80 Å². The molecule has 0 aromatic rings. The molecular formula is C9H19BF3N2-. The average Bonchev–Trinajstić information content (AvgIpc) is 2.48. The zero-order valence-corrected chi connectivity index (χ0v) is 9.43. The van der Waals surface area contributed by atoms with Crippen LogP contribution in [0.15, 0.2) is 0 Å².